The van der Waals surface area contributed by atoms with Gasteiger partial charge in [0.05, 0.1) is 0 Å². The highest BCUT2D eigenvalue weighted by Gasteiger charge is 2.01. The maximum absolute atomic E-state index is 6.17. The quantitative estimate of drug-likeness (QED) is 0.417. The van der Waals surface area contributed by atoms with Crippen molar-refractivity contribution in [3.8, 4) is 0 Å². The molecule has 1 unspecified atom stereocenters. The van der Waals surface area contributed by atoms with Gasteiger partial charge in [-0.2, -0.15) is 11.1 Å². The molecule has 0 aromatic heterocycles. The van der Waals surface area contributed by atoms with E-state index in [0.29, 0.717) is 0 Å². The zero-order valence-electron chi connectivity index (χ0n) is 9.54. The summed E-state index contributed by atoms with van der Waals surface area (Å²) in [7, 11) is -1.17. The summed E-state index contributed by atoms with van der Waals surface area (Å²) in [4.78, 5) is 0. The van der Waals surface area contributed by atoms with E-state index in [1.165, 1.54) is 30.0 Å². The first kappa shape index (κ1) is 12.5. The van der Waals surface area contributed by atoms with Crippen LogP contribution in [0.4, 0.5) is 0 Å². The fourth-order valence-electron chi connectivity index (χ4n) is 1.45. The molecule has 0 radical (unpaired) electrons. The van der Waals surface area contributed by atoms with E-state index in [4.69, 9.17) is 11.1 Å². The molecule has 0 nitrogen and oxygen atoms in total. The first-order chi connectivity index (χ1) is 7.24. The van der Waals surface area contributed by atoms with Crippen LogP contribution in [0.5, 0.6) is 0 Å². The summed E-state index contributed by atoms with van der Waals surface area (Å²) in [5, 5.41) is 1.33. The summed E-state index contributed by atoms with van der Waals surface area (Å²) in [5.41, 5.74) is 1.28. The molecule has 1 atom stereocenters. The molecule has 0 fully saturated rings. The number of hydrogen-bond acceptors (Lipinski definition) is 0. The van der Waals surface area contributed by atoms with Gasteiger partial charge in [-0.3, -0.25) is 0 Å². The fraction of sp³-hybridized carbons (Fsp3) is 0.385. The maximum atomic E-state index is 6.17. The van der Waals surface area contributed by atoms with Crippen LogP contribution < -0.4 is 5.19 Å². The number of benzene rings is 1. The van der Waals surface area contributed by atoms with Gasteiger partial charge in [-0.25, -0.2) is 0 Å². The molecule has 0 saturated carbocycles. The van der Waals surface area contributed by atoms with Crippen LogP contribution in [0.25, 0.3) is 6.08 Å². The van der Waals surface area contributed by atoms with Gasteiger partial charge < -0.3 is 0 Å². The molecular weight excluding hydrogens is 220 g/mol. The molecule has 0 heterocycles. The lowest BCUT2D eigenvalue weighted by atomic mass is 10.2. The van der Waals surface area contributed by atoms with Crippen molar-refractivity contribution >= 4 is 30.4 Å². The van der Waals surface area contributed by atoms with E-state index in [1.807, 2.05) is 0 Å². The first-order valence-electron chi connectivity index (χ1n) is 5.64. The lowest BCUT2D eigenvalue weighted by Crippen LogP contribution is -2.19. The molecule has 1 rings (SSSR count). The highest BCUT2D eigenvalue weighted by molar-refractivity contribution is 7.13. The Labute approximate surface area is 99.3 Å². The Morgan fingerprint density at radius 3 is 2.87 bits per heavy atom. The normalized spacial score (nSPS) is 13.3. The van der Waals surface area contributed by atoms with Gasteiger partial charge >= 0.3 is 0 Å². The van der Waals surface area contributed by atoms with Crippen molar-refractivity contribution in [2.75, 3.05) is 0 Å². The summed E-state index contributed by atoms with van der Waals surface area (Å²) < 4.78 is 0. The van der Waals surface area contributed by atoms with Crippen LogP contribution in [0.1, 0.15) is 31.7 Å². The van der Waals surface area contributed by atoms with Crippen molar-refractivity contribution in [1.29, 1.82) is 0 Å². The zero-order chi connectivity index (χ0) is 11.1. The molecule has 1 aromatic rings. The molecule has 82 valence electrons. The van der Waals surface area contributed by atoms with Gasteiger partial charge in [0.2, 0.25) is 0 Å². The topological polar surface area (TPSA) is 0 Å². The third kappa shape index (κ3) is 4.67. The van der Waals surface area contributed by atoms with Gasteiger partial charge in [0, 0.05) is 0 Å². The minimum absolute atomic E-state index is 1.17. The molecule has 1 aromatic carbocycles. The SMILES string of the molecule is CCCCC=Cc1cccc([SiH](C)Cl)c1. The number of allylic oxidation sites excluding steroid dienone is 1. The van der Waals surface area contributed by atoms with Crippen molar-refractivity contribution in [2.24, 2.45) is 0 Å². The van der Waals surface area contributed by atoms with Crippen molar-refractivity contribution in [2.45, 2.75) is 32.7 Å². The van der Waals surface area contributed by atoms with Crippen molar-refractivity contribution in [3.05, 3.63) is 35.9 Å². The third-order valence-electron chi connectivity index (χ3n) is 2.40. The third-order valence-corrected chi connectivity index (χ3v) is 4.44. The van der Waals surface area contributed by atoms with E-state index in [9.17, 15) is 0 Å². The summed E-state index contributed by atoms with van der Waals surface area (Å²) >= 11 is 6.17. The van der Waals surface area contributed by atoms with Gasteiger partial charge in [-0.15, -0.1) is 0 Å². The van der Waals surface area contributed by atoms with Gasteiger partial charge in [0.1, 0.15) is 0 Å². The average molecular weight is 239 g/mol. The Morgan fingerprint density at radius 2 is 2.20 bits per heavy atom. The van der Waals surface area contributed by atoms with Crippen molar-refractivity contribution in [1.82, 2.24) is 0 Å². The maximum Gasteiger partial charge on any atom is 0.168 e. The molecule has 0 aliphatic carbocycles. The summed E-state index contributed by atoms with van der Waals surface area (Å²) in [6.07, 6.45) is 8.16. The van der Waals surface area contributed by atoms with Crippen LogP contribution in [0.2, 0.25) is 6.55 Å². The molecule has 0 spiro atoms. The molecule has 0 amide bonds. The lowest BCUT2D eigenvalue weighted by Gasteiger charge is -2.02. The monoisotopic (exact) mass is 238 g/mol. The molecule has 0 aliphatic rings. The van der Waals surface area contributed by atoms with E-state index in [-0.39, 0.29) is 0 Å². The van der Waals surface area contributed by atoms with Crippen LogP contribution >= 0.6 is 11.1 Å². The minimum atomic E-state index is -1.17. The smallest absolute Gasteiger partial charge is 0.166 e. The Balaban J connectivity index is 2.61. The van der Waals surface area contributed by atoms with Gasteiger partial charge in [0.15, 0.2) is 8.11 Å². The number of hydrogen-bond donors (Lipinski definition) is 0. The molecule has 0 saturated heterocycles. The second-order valence-corrected chi connectivity index (χ2v) is 7.69. The second kappa shape index (κ2) is 6.86. The van der Waals surface area contributed by atoms with E-state index in [0.717, 1.165) is 0 Å². The van der Waals surface area contributed by atoms with E-state index in [1.54, 1.807) is 0 Å². The lowest BCUT2D eigenvalue weighted by molar-refractivity contribution is 0.816. The average Bonchev–Trinajstić information content (AvgIpc) is 2.25. The number of rotatable bonds is 5. The number of unbranched alkanes of at least 4 members (excludes halogenated alkanes) is 2. The number of halogens is 1. The van der Waals surface area contributed by atoms with Crippen molar-refractivity contribution < 1.29 is 0 Å². The predicted octanol–water partition coefficient (Wildman–Crippen LogP) is 3.69. The molecule has 0 aliphatic heterocycles. The van der Waals surface area contributed by atoms with Gasteiger partial charge in [-0.1, -0.05) is 62.7 Å². The summed E-state index contributed by atoms with van der Waals surface area (Å²) in [6.45, 7) is 4.36. The molecule has 0 bridgehead atoms. The highest BCUT2D eigenvalue weighted by Crippen LogP contribution is 2.04. The molecule has 0 N–H and O–H groups in total. The van der Waals surface area contributed by atoms with Crippen LogP contribution in [0.15, 0.2) is 30.3 Å². The summed E-state index contributed by atoms with van der Waals surface area (Å²) in [5.74, 6) is 0. The van der Waals surface area contributed by atoms with E-state index in [2.05, 4.69) is 49.9 Å². The van der Waals surface area contributed by atoms with Gasteiger partial charge in [0.25, 0.3) is 0 Å². The van der Waals surface area contributed by atoms with Crippen molar-refractivity contribution in [3.63, 3.8) is 0 Å². The Morgan fingerprint density at radius 1 is 1.40 bits per heavy atom. The van der Waals surface area contributed by atoms with Crippen LogP contribution in [0.3, 0.4) is 0 Å². The van der Waals surface area contributed by atoms with Crippen LogP contribution in [0, 0.1) is 0 Å². The first-order valence-corrected chi connectivity index (χ1v) is 9.12. The van der Waals surface area contributed by atoms with Crippen LogP contribution in [-0.2, 0) is 0 Å². The minimum Gasteiger partial charge on any atom is -0.166 e. The second-order valence-electron chi connectivity index (χ2n) is 3.83. The predicted molar refractivity (Wildman–Crippen MR) is 73.5 cm³/mol. The summed E-state index contributed by atoms with van der Waals surface area (Å²) in [6, 6.07) is 8.58. The van der Waals surface area contributed by atoms with E-state index >= 15 is 0 Å². The standard InChI is InChI=1S/C13H19ClSi/c1-3-4-5-6-8-12-9-7-10-13(11-12)15(2)14/h6-11,15H,3-5H2,1-2H3. The highest BCUT2D eigenvalue weighted by atomic mass is 35.6. The zero-order valence-corrected chi connectivity index (χ0v) is 11.5. The Bertz CT molecular complexity index is 318. The molecule has 2 heteroatoms. The fourth-order valence-corrected chi connectivity index (χ4v) is 2.66. The Hall–Kier alpha value is -0.533. The Kier molecular flexibility index (Phi) is 5.73. The molecule has 15 heavy (non-hydrogen) atoms. The largest absolute Gasteiger partial charge is 0.168 e. The molecular formula is C13H19ClSi. The van der Waals surface area contributed by atoms with Gasteiger partial charge in [-0.05, 0) is 17.2 Å². The van der Waals surface area contributed by atoms with Crippen LogP contribution in [-0.4, -0.2) is 8.11 Å². The van der Waals surface area contributed by atoms with E-state index < -0.39 is 8.11 Å².